The lowest BCUT2D eigenvalue weighted by molar-refractivity contribution is 0.133. The van der Waals surface area contributed by atoms with Crippen LogP contribution in [0, 0.1) is 0 Å². The highest BCUT2D eigenvalue weighted by Crippen LogP contribution is 2.20. The summed E-state index contributed by atoms with van der Waals surface area (Å²) < 4.78 is 16.1. The minimum atomic E-state index is -2.67. The van der Waals surface area contributed by atoms with Crippen LogP contribution in [0.1, 0.15) is 12.0 Å². The third-order valence-corrected chi connectivity index (χ3v) is 5.53. The molecule has 17 heavy (non-hydrogen) atoms. The average Bonchev–Trinajstić information content (AvgIpc) is 2.40. The Balaban J connectivity index is 2.60. The van der Waals surface area contributed by atoms with Crippen molar-refractivity contribution in [3.8, 4) is 0 Å². The van der Waals surface area contributed by atoms with Gasteiger partial charge >= 0.3 is 8.80 Å². The molecule has 0 heterocycles. The summed E-state index contributed by atoms with van der Waals surface area (Å²) in [7, 11) is 2.14. The van der Waals surface area contributed by atoms with Crippen molar-refractivity contribution in [2.45, 2.75) is 12.8 Å². The molecule has 0 atom stereocenters. The molecular weight excluding hydrogens is 232 g/mol. The van der Waals surface area contributed by atoms with Gasteiger partial charge in [0.15, 0.2) is 0 Å². The van der Waals surface area contributed by atoms with Crippen molar-refractivity contribution in [2.75, 3.05) is 21.3 Å². The monoisotopic (exact) mass is 252 g/mol. The maximum atomic E-state index is 5.38. The van der Waals surface area contributed by atoms with Gasteiger partial charge in [0.25, 0.3) is 0 Å². The highest BCUT2D eigenvalue weighted by atomic mass is 28.4. The van der Waals surface area contributed by atoms with Gasteiger partial charge in [0, 0.05) is 21.3 Å². The molecule has 0 aliphatic carbocycles. The summed E-state index contributed by atoms with van der Waals surface area (Å²) in [5.74, 6) is 0. The van der Waals surface area contributed by atoms with Crippen LogP contribution in [0.5, 0.6) is 0 Å². The smallest absolute Gasteiger partial charge is 0.374 e. The summed E-state index contributed by atoms with van der Waals surface area (Å²) in [5, 5.41) is 0.911. The molecule has 0 amide bonds. The second-order valence-electron chi connectivity index (χ2n) is 3.76. The first-order valence-electron chi connectivity index (χ1n) is 5.56. The largest absolute Gasteiger partial charge is 0.531 e. The Hall–Kier alpha value is -0.943. The van der Waals surface area contributed by atoms with Crippen LogP contribution in [0.4, 0.5) is 0 Å². The summed E-state index contributed by atoms with van der Waals surface area (Å²) in [6.45, 7) is 4.04. The van der Waals surface area contributed by atoms with Crippen molar-refractivity contribution in [2.24, 2.45) is 0 Å². The second kappa shape index (κ2) is 6.71. The predicted octanol–water partition coefficient (Wildman–Crippen LogP) is 2.59. The van der Waals surface area contributed by atoms with Crippen LogP contribution in [-0.4, -0.2) is 30.1 Å². The lowest BCUT2D eigenvalue weighted by Gasteiger charge is -2.26. The van der Waals surface area contributed by atoms with E-state index in [-0.39, 0.29) is 0 Å². The summed E-state index contributed by atoms with van der Waals surface area (Å²) in [6, 6.07) is 10.3. The Labute approximate surface area is 104 Å². The van der Waals surface area contributed by atoms with Crippen LogP contribution in [0.25, 0.3) is 0 Å². The van der Waals surface area contributed by atoms with Gasteiger partial charge in [-0.25, -0.2) is 0 Å². The molecule has 3 nitrogen and oxygen atoms in total. The van der Waals surface area contributed by atoms with E-state index in [0.717, 1.165) is 18.0 Å². The fraction of sp³-hybridized carbons (Fsp3) is 0.385. The van der Waals surface area contributed by atoms with Crippen LogP contribution in [0.3, 0.4) is 0 Å². The molecule has 1 aromatic rings. The van der Waals surface area contributed by atoms with E-state index in [1.54, 1.807) is 21.3 Å². The van der Waals surface area contributed by atoms with Gasteiger partial charge in [-0.2, -0.15) is 0 Å². The number of benzene rings is 1. The first kappa shape index (κ1) is 14.1. The molecule has 0 aliphatic rings. The zero-order valence-electron chi connectivity index (χ0n) is 10.7. The van der Waals surface area contributed by atoms with E-state index in [9.17, 15) is 0 Å². The molecule has 0 unspecified atom stereocenters. The third-order valence-electron chi connectivity index (χ3n) is 2.80. The maximum Gasteiger partial charge on any atom is 0.531 e. The Morgan fingerprint density at radius 3 is 2.06 bits per heavy atom. The number of allylic oxidation sites excluding steroid dienone is 1. The maximum absolute atomic E-state index is 5.38. The van der Waals surface area contributed by atoms with Crippen molar-refractivity contribution < 1.29 is 13.3 Å². The van der Waals surface area contributed by atoms with E-state index >= 15 is 0 Å². The van der Waals surface area contributed by atoms with Crippen molar-refractivity contribution in [1.82, 2.24) is 0 Å². The first-order valence-corrected chi connectivity index (χ1v) is 7.28. The van der Waals surface area contributed by atoms with E-state index in [0.29, 0.717) is 0 Å². The van der Waals surface area contributed by atoms with E-state index in [4.69, 9.17) is 13.3 Å². The number of aryl methyl sites for hydroxylation is 1. The molecular formula is C13H20O3Si. The van der Waals surface area contributed by atoms with E-state index in [1.165, 1.54) is 5.56 Å². The first-order chi connectivity index (χ1) is 8.18. The van der Waals surface area contributed by atoms with E-state index < -0.39 is 8.80 Å². The van der Waals surface area contributed by atoms with Crippen molar-refractivity contribution in [3.05, 3.63) is 47.7 Å². The van der Waals surface area contributed by atoms with Crippen LogP contribution in [0.2, 0.25) is 0 Å². The van der Waals surface area contributed by atoms with Gasteiger partial charge in [0.2, 0.25) is 0 Å². The Morgan fingerprint density at radius 1 is 1.06 bits per heavy atom. The molecule has 0 saturated heterocycles. The lowest BCUT2D eigenvalue weighted by atomic mass is 10.1. The minimum absolute atomic E-state index is 0.811. The summed E-state index contributed by atoms with van der Waals surface area (Å²) in [4.78, 5) is 0. The molecule has 0 fully saturated rings. The van der Waals surface area contributed by atoms with Gasteiger partial charge in [0.1, 0.15) is 0 Å². The van der Waals surface area contributed by atoms with Crippen LogP contribution in [-0.2, 0) is 19.7 Å². The molecule has 4 heteroatoms. The number of rotatable bonds is 7. The molecule has 0 spiro atoms. The van der Waals surface area contributed by atoms with Crippen LogP contribution in [0.15, 0.2) is 42.1 Å². The highest BCUT2D eigenvalue weighted by Gasteiger charge is 2.41. The minimum Gasteiger partial charge on any atom is -0.374 e. The zero-order valence-corrected chi connectivity index (χ0v) is 11.7. The SMILES string of the molecule is C=C(CCc1ccccc1)[Si](OC)(OC)OC. The normalized spacial score (nSPS) is 11.5. The molecule has 0 aromatic heterocycles. The van der Waals surface area contributed by atoms with Gasteiger partial charge in [0.05, 0.1) is 0 Å². The van der Waals surface area contributed by atoms with Crippen molar-refractivity contribution in [3.63, 3.8) is 0 Å². The summed E-state index contributed by atoms with van der Waals surface area (Å²) >= 11 is 0. The quantitative estimate of drug-likeness (QED) is 0.698. The Morgan fingerprint density at radius 2 is 1.59 bits per heavy atom. The lowest BCUT2D eigenvalue weighted by Crippen LogP contribution is -2.45. The van der Waals surface area contributed by atoms with E-state index in [2.05, 4.69) is 18.7 Å². The Kier molecular flexibility index (Phi) is 5.57. The van der Waals surface area contributed by atoms with Gasteiger partial charge in [-0.05, 0) is 23.6 Å². The van der Waals surface area contributed by atoms with Gasteiger partial charge < -0.3 is 13.3 Å². The second-order valence-corrected chi connectivity index (χ2v) is 6.80. The predicted molar refractivity (Wildman–Crippen MR) is 70.7 cm³/mol. The van der Waals surface area contributed by atoms with Gasteiger partial charge in [-0.3, -0.25) is 0 Å². The highest BCUT2D eigenvalue weighted by molar-refractivity contribution is 6.68. The standard InChI is InChI=1S/C13H20O3Si/c1-12(17(14-2,15-3)16-4)10-11-13-8-6-5-7-9-13/h5-9H,1,10-11H2,2-4H3. The van der Waals surface area contributed by atoms with Crippen molar-refractivity contribution >= 4 is 8.80 Å². The average molecular weight is 252 g/mol. The van der Waals surface area contributed by atoms with Crippen molar-refractivity contribution in [1.29, 1.82) is 0 Å². The fourth-order valence-corrected chi connectivity index (χ4v) is 3.57. The van der Waals surface area contributed by atoms with Gasteiger partial charge in [-0.15, -0.1) is 0 Å². The molecule has 0 N–H and O–H groups in total. The summed E-state index contributed by atoms with van der Waals surface area (Å²) in [5.41, 5.74) is 1.28. The van der Waals surface area contributed by atoms with Crippen LogP contribution < -0.4 is 0 Å². The van der Waals surface area contributed by atoms with Gasteiger partial charge in [-0.1, -0.05) is 36.9 Å². The topological polar surface area (TPSA) is 27.7 Å². The fourth-order valence-electron chi connectivity index (χ4n) is 1.78. The molecule has 1 aromatic carbocycles. The number of hydrogen-bond donors (Lipinski definition) is 0. The van der Waals surface area contributed by atoms with Crippen LogP contribution >= 0.6 is 0 Å². The molecule has 94 valence electrons. The molecule has 0 bridgehead atoms. The Bertz CT molecular complexity index is 339. The number of hydrogen-bond acceptors (Lipinski definition) is 3. The zero-order chi connectivity index (χ0) is 12.7. The molecule has 1 rings (SSSR count). The van der Waals surface area contributed by atoms with E-state index in [1.807, 2.05) is 18.2 Å². The molecule has 0 radical (unpaired) electrons. The molecule has 0 saturated carbocycles. The molecule has 0 aliphatic heterocycles. The third kappa shape index (κ3) is 3.51. The summed E-state index contributed by atoms with van der Waals surface area (Å²) in [6.07, 6.45) is 1.73.